The number of aliphatic hydroxyl groups is 1. The Morgan fingerprint density at radius 1 is 1.46 bits per heavy atom. The van der Waals surface area contributed by atoms with Crippen molar-refractivity contribution in [1.29, 1.82) is 0 Å². The zero-order valence-electron chi connectivity index (χ0n) is 13.3. The number of hydrogen-bond donors (Lipinski definition) is 4. The number of aromatic nitrogens is 1. The largest absolute Gasteiger partial charge is 0.505 e. The molecular weight excluding hydrogens is 328 g/mol. The number of nitrogens with one attached hydrogen (secondary N) is 2. The number of aliphatic hydroxyl groups excluding tert-OH is 1. The predicted molar refractivity (Wildman–Crippen MR) is 96.5 cm³/mol. The van der Waals surface area contributed by atoms with Crippen molar-refractivity contribution in [3.05, 3.63) is 47.3 Å². The summed E-state index contributed by atoms with van der Waals surface area (Å²) in [5, 5.41) is 26.5. The fourth-order valence-corrected chi connectivity index (χ4v) is 2.11. The molecule has 0 aliphatic rings. The number of methoxy groups -OCH3 is 1. The first-order valence-electron chi connectivity index (χ1n) is 7.07. The lowest BCUT2D eigenvalue weighted by molar-refractivity contribution is 0.280. The molecule has 126 valence electrons. The van der Waals surface area contributed by atoms with Crippen molar-refractivity contribution in [2.45, 2.75) is 13.5 Å². The monoisotopic (exact) mass is 346 g/mol. The number of aryl methyl sites for hydroxylation is 1. The zero-order chi connectivity index (χ0) is 17.5. The van der Waals surface area contributed by atoms with E-state index in [0.717, 1.165) is 5.69 Å². The van der Waals surface area contributed by atoms with Crippen LogP contribution in [0, 0.1) is 6.92 Å². The Hall–Kier alpha value is -2.71. The normalized spacial score (nSPS) is 10.6. The van der Waals surface area contributed by atoms with Crippen molar-refractivity contribution in [3.8, 4) is 11.5 Å². The number of ether oxygens (including phenoxy) is 1. The second-order valence-electron chi connectivity index (χ2n) is 4.85. The van der Waals surface area contributed by atoms with Gasteiger partial charge in [-0.2, -0.15) is 5.10 Å². The molecule has 0 spiro atoms. The van der Waals surface area contributed by atoms with Crippen LogP contribution in [0.2, 0.25) is 0 Å². The number of nitrogens with zero attached hydrogens (tertiary/aromatic N) is 2. The highest BCUT2D eigenvalue weighted by Gasteiger charge is 2.09. The van der Waals surface area contributed by atoms with Gasteiger partial charge >= 0.3 is 0 Å². The Balaban J connectivity index is 2.03. The minimum atomic E-state index is -0.255. The molecule has 0 radical (unpaired) electrons. The van der Waals surface area contributed by atoms with E-state index in [2.05, 4.69) is 20.8 Å². The Kier molecular flexibility index (Phi) is 6.05. The molecule has 24 heavy (non-hydrogen) atoms. The van der Waals surface area contributed by atoms with E-state index in [-0.39, 0.29) is 17.5 Å². The fraction of sp³-hybridized carbons (Fsp3) is 0.188. The Morgan fingerprint density at radius 2 is 2.25 bits per heavy atom. The molecule has 1 aromatic heterocycles. The van der Waals surface area contributed by atoms with Gasteiger partial charge in [0.15, 0.2) is 5.11 Å². The summed E-state index contributed by atoms with van der Waals surface area (Å²) in [6, 6.07) is 7.28. The van der Waals surface area contributed by atoms with Gasteiger partial charge in [0, 0.05) is 29.1 Å². The number of hydrogen-bond acceptors (Lipinski definition) is 6. The Morgan fingerprint density at radius 3 is 2.96 bits per heavy atom. The zero-order valence-corrected chi connectivity index (χ0v) is 14.1. The van der Waals surface area contributed by atoms with Gasteiger partial charge in [-0.25, -0.2) is 0 Å². The number of rotatable bonds is 5. The van der Waals surface area contributed by atoms with E-state index in [4.69, 9.17) is 17.0 Å². The van der Waals surface area contributed by atoms with Gasteiger partial charge in [0.1, 0.15) is 11.5 Å². The van der Waals surface area contributed by atoms with Gasteiger partial charge in [0.25, 0.3) is 0 Å². The first kappa shape index (κ1) is 17.6. The van der Waals surface area contributed by atoms with Crippen LogP contribution in [0.25, 0.3) is 0 Å². The smallest absolute Gasteiger partial charge is 0.191 e. The van der Waals surface area contributed by atoms with Crippen molar-refractivity contribution >= 4 is 29.2 Å². The van der Waals surface area contributed by atoms with Gasteiger partial charge in [-0.1, -0.05) is 6.07 Å². The van der Waals surface area contributed by atoms with Crippen molar-refractivity contribution < 1.29 is 14.9 Å². The van der Waals surface area contributed by atoms with Gasteiger partial charge in [-0.3, -0.25) is 10.4 Å². The molecule has 1 heterocycles. The number of anilines is 1. The van der Waals surface area contributed by atoms with Crippen molar-refractivity contribution in [2.24, 2.45) is 5.10 Å². The summed E-state index contributed by atoms with van der Waals surface area (Å²) in [6.07, 6.45) is 2.87. The van der Waals surface area contributed by atoms with E-state index >= 15 is 0 Å². The molecule has 2 aromatic rings. The van der Waals surface area contributed by atoms with Crippen molar-refractivity contribution in [3.63, 3.8) is 0 Å². The summed E-state index contributed by atoms with van der Waals surface area (Å²) in [7, 11) is 1.59. The Bertz CT molecular complexity index is 765. The third kappa shape index (κ3) is 4.40. The number of benzene rings is 1. The van der Waals surface area contributed by atoms with Crippen LogP contribution in [0.5, 0.6) is 11.5 Å². The quantitative estimate of drug-likeness (QED) is 0.373. The van der Waals surface area contributed by atoms with Gasteiger partial charge in [-0.05, 0) is 31.3 Å². The summed E-state index contributed by atoms with van der Waals surface area (Å²) < 4.78 is 5.13. The molecule has 0 saturated carbocycles. The average molecular weight is 346 g/mol. The third-order valence-corrected chi connectivity index (χ3v) is 3.41. The molecule has 8 heteroatoms. The molecule has 2 rings (SSSR count). The standard InChI is InChI=1S/C16H18N4O3S/c1-10-15(22)14(11(9-21)7-17-10)8-18-20-16(24)19-12-4-3-5-13(6-12)23-2/h3-8,21-22H,9H2,1-2H3,(H2,19,20,24). The summed E-state index contributed by atoms with van der Waals surface area (Å²) in [4.78, 5) is 3.98. The maximum atomic E-state index is 10.0. The summed E-state index contributed by atoms with van der Waals surface area (Å²) >= 11 is 5.15. The first-order chi connectivity index (χ1) is 11.5. The molecule has 0 saturated heterocycles. The lowest BCUT2D eigenvalue weighted by Crippen LogP contribution is -2.23. The molecule has 7 nitrogen and oxygen atoms in total. The number of thiocarbonyl (C=S) groups is 1. The number of hydrazone groups is 1. The third-order valence-electron chi connectivity index (χ3n) is 3.22. The predicted octanol–water partition coefficient (Wildman–Crippen LogP) is 1.92. The summed E-state index contributed by atoms with van der Waals surface area (Å²) in [6.45, 7) is 1.41. The van der Waals surface area contributed by atoms with Crippen LogP contribution >= 0.6 is 12.2 Å². The lowest BCUT2D eigenvalue weighted by atomic mass is 10.1. The molecule has 0 unspecified atom stereocenters. The van der Waals surface area contributed by atoms with E-state index in [1.165, 1.54) is 12.4 Å². The molecule has 4 N–H and O–H groups in total. The number of aromatic hydroxyl groups is 1. The fourth-order valence-electron chi connectivity index (χ4n) is 1.94. The lowest BCUT2D eigenvalue weighted by Gasteiger charge is -2.09. The van der Waals surface area contributed by atoms with E-state index in [0.29, 0.717) is 22.6 Å². The highest BCUT2D eigenvalue weighted by Crippen LogP contribution is 2.21. The topological polar surface area (TPSA) is 99.0 Å². The molecule has 0 bridgehead atoms. The Labute approximate surface area is 145 Å². The second-order valence-corrected chi connectivity index (χ2v) is 5.25. The summed E-state index contributed by atoms with van der Waals surface area (Å²) in [5.74, 6) is 0.676. The molecule has 0 amide bonds. The van der Waals surface area contributed by atoms with Crippen LogP contribution in [0.4, 0.5) is 5.69 Å². The van der Waals surface area contributed by atoms with E-state index in [1.807, 2.05) is 18.2 Å². The van der Waals surface area contributed by atoms with E-state index in [9.17, 15) is 10.2 Å². The average Bonchev–Trinajstić information content (AvgIpc) is 2.59. The van der Waals surface area contributed by atoms with Crippen molar-refractivity contribution in [2.75, 3.05) is 12.4 Å². The molecule has 0 fully saturated rings. The van der Waals surface area contributed by atoms with Gasteiger partial charge in [0.2, 0.25) is 0 Å². The minimum Gasteiger partial charge on any atom is -0.505 e. The molecule has 0 atom stereocenters. The number of pyridine rings is 1. The maximum Gasteiger partial charge on any atom is 0.191 e. The van der Waals surface area contributed by atoms with Crippen LogP contribution in [-0.4, -0.2) is 33.6 Å². The van der Waals surface area contributed by atoms with Crippen molar-refractivity contribution in [1.82, 2.24) is 10.4 Å². The van der Waals surface area contributed by atoms with Crippen LogP contribution < -0.4 is 15.5 Å². The maximum absolute atomic E-state index is 10.0. The summed E-state index contributed by atoms with van der Waals surface area (Å²) in [5.41, 5.74) is 4.71. The molecule has 1 aromatic carbocycles. The van der Waals surface area contributed by atoms with Gasteiger partial charge in [0.05, 0.1) is 25.6 Å². The second kappa shape index (κ2) is 8.23. The van der Waals surface area contributed by atoms with Crippen LogP contribution in [-0.2, 0) is 6.61 Å². The highest BCUT2D eigenvalue weighted by molar-refractivity contribution is 7.80. The molecule has 0 aliphatic carbocycles. The van der Waals surface area contributed by atoms with Crippen LogP contribution in [0.1, 0.15) is 16.8 Å². The minimum absolute atomic E-state index is 0.0289. The van der Waals surface area contributed by atoms with E-state index in [1.54, 1.807) is 20.1 Å². The molecule has 0 aliphatic heterocycles. The van der Waals surface area contributed by atoms with Crippen LogP contribution in [0.15, 0.2) is 35.6 Å². The van der Waals surface area contributed by atoms with Crippen LogP contribution in [0.3, 0.4) is 0 Å². The first-order valence-corrected chi connectivity index (χ1v) is 7.48. The van der Waals surface area contributed by atoms with Gasteiger partial charge in [-0.15, -0.1) is 0 Å². The SMILES string of the molecule is COc1cccc(NC(=S)NN=Cc2c(CO)cnc(C)c2O)c1. The highest BCUT2D eigenvalue weighted by atomic mass is 32.1. The van der Waals surface area contributed by atoms with E-state index < -0.39 is 0 Å². The molecular formula is C16H18N4O3S. The van der Waals surface area contributed by atoms with Gasteiger partial charge < -0.3 is 20.3 Å².